The van der Waals surface area contributed by atoms with Gasteiger partial charge in [0.15, 0.2) is 0 Å². The third-order valence-electron chi connectivity index (χ3n) is 6.02. The molecule has 0 aliphatic carbocycles. The Hall–Kier alpha value is -3.71. The van der Waals surface area contributed by atoms with Gasteiger partial charge in [-0.05, 0) is 43.2 Å². The smallest absolute Gasteiger partial charge is 0.335 e. The minimum atomic E-state index is -4.40. The molecular weight excluding hydrogens is 537 g/mol. The second kappa shape index (κ2) is 11.6. The van der Waals surface area contributed by atoms with Crippen LogP contribution in [0.3, 0.4) is 0 Å². The summed E-state index contributed by atoms with van der Waals surface area (Å²) >= 11 is 0. The molecule has 0 aliphatic heterocycles. The first kappa shape index (κ1) is 29.8. The minimum Gasteiger partial charge on any atom is -0.478 e. The predicted octanol–water partition coefficient (Wildman–Crippen LogP) is 4.59. The summed E-state index contributed by atoms with van der Waals surface area (Å²) in [6.07, 6.45) is -4.58. The highest BCUT2D eigenvalue weighted by Gasteiger charge is 2.39. The van der Waals surface area contributed by atoms with Crippen LogP contribution in [0, 0.1) is 19.3 Å². The number of anilines is 1. The molecule has 1 heterocycles. The summed E-state index contributed by atoms with van der Waals surface area (Å²) in [7, 11) is -4.40. The van der Waals surface area contributed by atoms with Crippen molar-refractivity contribution in [2.75, 3.05) is 11.4 Å². The monoisotopic (exact) mass is 566 g/mol. The molecule has 13 heteroatoms. The second-order valence-electron chi connectivity index (χ2n) is 9.69. The number of hydrogen-bond donors (Lipinski definition) is 3. The number of aromatic nitrogens is 2. The molecule has 210 valence electrons. The van der Waals surface area contributed by atoms with E-state index in [4.69, 9.17) is 10.5 Å². The molecule has 0 bridgehead atoms. The van der Waals surface area contributed by atoms with Crippen LogP contribution < -0.4 is 15.2 Å². The molecule has 9 nitrogen and oxygen atoms in total. The van der Waals surface area contributed by atoms with Gasteiger partial charge in [0.25, 0.3) is 16.4 Å². The number of rotatable bonds is 11. The Balaban J connectivity index is 2.05. The van der Waals surface area contributed by atoms with Crippen LogP contribution in [0.2, 0.25) is 0 Å². The zero-order valence-corrected chi connectivity index (χ0v) is 22.5. The van der Waals surface area contributed by atoms with Crippen LogP contribution in [0.1, 0.15) is 35.3 Å². The second-order valence-corrected chi connectivity index (χ2v) is 11.4. The van der Waals surface area contributed by atoms with E-state index in [9.17, 15) is 31.5 Å². The van der Waals surface area contributed by atoms with Crippen molar-refractivity contribution in [1.82, 2.24) is 9.97 Å². The summed E-state index contributed by atoms with van der Waals surface area (Å²) in [4.78, 5) is 19.1. The molecule has 0 spiro atoms. The normalized spacial score (nSPS) is 14.4. The molecule has 2 unspecified atom stereocenters. The number of nitrogens with one attached hydrogen (secondary N) is 1. The van der Waals surface area contributed by atoms with Crippen LogP contribution in [-0.4, -0.2) is 54.7 Å². The lowest BCUT2D eigenvalue weighted by Gasteiger charge is -2.31. The van der Waals surface area contributed by atoms with Crippen molar-refractivity contribution in [3.63, 3.8) is 0 Å². The lowest BCUT2D eigenvalue weighted by Crippen LogP contribution is -2.50. The fourth-order valence-electron chi connectivity index (χ4n) is 3.77. The Kier molecular flexibility index (Phi) is 8.86. The summed E-state index contributed by atoms with van der Waals surface area (Å²) in [5, 5.41) is 9.20. The van der Waals surface area contributed by atoms with E-state index in [1.54, 1.807) is 32.0 Å². The van der Waals surface area contributed by atoms with Crippen LogP contribution >= 0.6 is 0 Å². The molecule has 3 rings (SSSR count). The maximum Gasteiger partial charge on any atom is 0.335 e. The van der Waals surface area contributed by atoms with Crippen molar-refractivity contribution in [3.8, 4) is 17.1 Å². The molecule has 0 aliphatic rings. The number of nitrogens with zero attached hydrogens (tertiary/aromatic N) is 2. The number of halogens is 3. The van der Waals surface area contributed by atoms with E-state index in [1.165, 1.54) is 38.1 Å². The summed E-state index contributed by atoms with van der Waals surface area (Å²) in [5.41, 5.74) is 6.09. The maximum absolute atomic E-state index is 15.0. The van der Waals surface area contributed by atoms with Gasteiger partial charge in [0.05, 0.1) is 22.8 Å². The highest BCUT2D eigenvalue weighted by Crippen LogP contribution is 2.32. The van der Waals surface area contributed by atoms with Gasteiger partial charge >= 0.3 is 5.97 Å². The maximum atomic E-state index is 15.0. The summed E-state index contributed by atoms with van der Waals surface area (Å²) in [6, 6.07) is 9.32. The third kappa shape index (κ3) is 6.84. The number of carboxylic acid groups (broad SMARTS) is 1. The minimum absolute atomic E-state index is 0.161. The molecule has 0 fully saturated rings. The van der Waals surface area contributed by atoms with Crippen LogP contribution in [0.4, 0.5) is 19.1 Å². The van der Waals surface area contributed by atoms with Gasteiger partial charge in [-0.3, -0.25) is 4.39 Å². The Morgan fingerprint density at radius 2 is 1.72 bits per heavy atom. The molecule has 0 saturated heterocycles. The number of carbonyl (C=O) groups is 1. The number of sulfonamides is 1. The Morgan fingerprint density at radius 3 is 2.31 bits per heavy atom. The average Bonchev–Trinajstić information content (AvgIpc) is 2.87. The summed E-state index contributed by atoms with van der Waals surface area (Å²) in [5.74, 6) is -2.32. The summed E-state index contributed by atoms with van der Waals surface area (Å²) in [6.45, 7) is 4.98. The van der Waals surface area contributed by atoms with Gasteiger partial charge in [0, 0.05) is 17.0 Å². The van der Waals surface area contributed by atoms with Gasteiger partial charge in [-0.2, -0.15) is 9.37 Å². The van der Waals surface area contributed by atoms with Gasteiger partial charge in [0.1, 0.15) is 12.2 Å². The summed E-state index contributed by atoms with van der Waals surface area (Å²) < 4.78 is 76.3. The van der Waals surface area contributed by atoms with Crippen molar-refractivity contribution in [2.45, 2.75) is 51.2 Å². The molecule has 0 saturated carbocycles. The quantitative estimate of drug-likeness (QED) is 0.306. The number of benzene rings is 2. The highest BCUT2D eigenvalue weighted by molar-refractivity contribution is 7.92. The third-order valence-corrected chi connectivity index (χ3v) is 7.35. The van der Waals surface area contributed by atoms with E-state index >= 15 is 0 Å². The van der Waals surface area contributed by atoms with E-state index in [0.717, 1.165) is 17.2 Å². The van der Waals surface area contributed by atoms with Crippen molar-refractivity contribution < 1.29 is 36.2 Å². The molecular formula is C26H29F3N4O5S. The molecule has 2 aromatic carbocycles. The first-order valence-electron chi connectivity index (χ1n) is 11.7. The van der Waals surface area contributed by atoms with Crippen molar-refractivity contribution in [1.29, 1.82) is 0 Å². The van der Waals surface area contributed by atoms with Crippen LogP contribution in [0.15, 0.2) is 53.4 Å². The fourth-order valence-corrected chi connectivity index (χ4v) is 4.76. The lowest BCUT2D eigenvalue weighted by atomic mass is 9.85. The number of aryl methyl sites for hydroxylation is 2. The number of alkyl halides is 3. The van der Waals surface area contributed by atoms with Crippen molar-refractivity contribution >= 4 is 21.9 Å². The van der Waals surface area contributed by atoms with E-state index in [-0.39, 0.29) is 16.2 Å². The van der Waals surface area contributed by atoms with Gasteiger partial charge < -0.3 is 15.6 Å². The van der Waals surface area contributed by atoms with Crippen LogP contribution in [0.25, 0.3) is 11.3 Å². The Morgan fingerprint density at radius 1 is 1.10 bits per heavy atom. The first-order chi connectivity index (χ1) is 18.2. The number of carboxylic acids is 1. The number of nitrogens with two attached hydrogens (primary N) is 1. The molecule has 0 radical (unpaired) electrons. The molecule has 4 N–H and O–H groups in total. The topological polar surface area (TPSA) is 144 Å². The highest BCUT2D eigenvalue weighted by atomic mass is 32.2. The van der Waals surface area contributed by atoms with E-state index < -0.39 is 58.5 Å². The average molecular weight is 567 g/mol. The lowest BCUT2D eigenvalue weighted by molar-refractivity contribution is -0.0219. The molecule has 0 amide bonds. The van der Waals surface area contributed by atoms with Gasteiger partial charge in [-0.1, -0.05) is 38.1 Å². The van der Waals surface area contributed by atoms with Gasteiger partial charge in [-0.25, -0.2) is 27.3 Å². The Labute approximate surface area is 224 Å². The molecule has 3 atom stereocenters. The molecule has 1 aromatic heterocycles. The van der Waals surface area contributed by atoms with Gasteiger partial charge in [-0.15, -0.1) is 0 Å². The van der Waals surface area contributed by atoms with E-state index in [0.29, 0.717) is 5.56 Å². The first-order valence-corrected chi connectivity index (χ1v) is 13.2. The number of aromatic carboxylic acids is 1. The standard InChI is InChI=1S/C26H29F3N4O5S/c1-14-7-5-8-15(2)20(14)18-12-19(38-23(29)21(30)22(28)26(3,4)13-27)32-25(31-18)33-39(36,37)17-10-6-9-16(11-17)24(34)35/h5-12,21-23H,13,30H2,1-4H3,(H,34,35)(H,31,32,33)/t21-,22?,23?/m1/s1. The van der Waals surface area contributed by atoms with E-state index in [1.807, 2.05) is 0 Å². The van der Waals surface area contributed by atoms with Crippen molar-refractivity contribution in [2.24, 2.45) is 11.1 Å². The SMILES string of the molecule is Cc1cccc(C)c1-c1cc(OC(F)[C@H](N)C(F)C(C)(C)CF)nc(NS(=O)(=O)c2cccc(C(=O)O)c2)n1. The largest absolute Gasteiger partial charge is 0.478 e. The Bertz CT molecular complexity index is 1450. The number of hydrogen-bond acceptors (Lipinski definition) is 7. The molecule has 39 heavy (non-hydrogen) atoms. The predicted molar refractivity (Wildman–Crippen MR) is 139 cm³/mol. The zero-order chi connectivity index (χ0) is 29.1. The van der Waals surface area contributed by atoms with Crippen LogP contribution in [-0.2, 0) is 10.0 Å². The fraction of sp³-hybridized carbons (Fsp3) is 0.346. The van der Waals surface area contributed by atoms with E-state index in [2.05, 4.69) is 14.7 Å². The zero-order valence-electron chi connectivity index (χ0n) is 21.7. The molecule has 3 aromatic rings. The number of ether oxygens (including phenoxy) is 1. The van der Waals surface area contributed by atoms with Crippen molar-refractivity contribution in [3.05, 3.63) is 65.2 Å². The van der Waals surface area contributed by atoms with Crippen LogP contribution in [0.5, 0.6) is 5.88 Å². The van der Waals surface area contributed by atoms with Gasteiger partial charge in [0.2, 0.25) is 11.8 Å².